The van der Waals surface area contributed by atoms with Crippen molar-refractivity contribution in [1.29, 1.82) is 5.26 Å². The molecule has 1 aromatic carbocycles. The number of nitriles is 1. The zero-order chi connectivity index (χ0) is 19.6. The molecule has 10 heteroatoms. The van der Waals surface area contributed by atoms with E-state index in [0.29, 0.717) is 22.9 Å². The van der Waals surface area contributed by atoms with Crippen LogP contribution in [0.5, 0.6) is 0 Å². The number of para-hydroxylation sites is 1. The number of halogens is 4. The molecule has 138 valence electrons. The van der Waals surface area contributed by atoms with Crippen LogP contribution in [-0.2, 0) is 18.5 Å². The van der Waals surface area contributed by atoms with E-state index in [0.717, 1.165) is 17.8 Å². The molecule has 0 fully saturated rings. The minimum atomic E-state index is -4.53. The lowest BCUT2D eigenvalue weighted by Crippen LogP contribution is -2.24. The first-order valence-electron chi connectivity index (χ1n) is 7.52. The smallest absolute Gasteiger partial charge is 0.281 e. The Hall–Kier alpha value is -2.57. The highest BCUT2D eigenvalue weighted by Gasteiger charge is 2.31. The van der Waals surface area contributed by atoms with Crippen LogP contribution in [0.4, 0.5) is 13.2 Å². The standard InChI is InChI=1S/C17H10ClF3N4OS/c18-12-7-10(17(19,20)21)8-23-15(12)27-9-14-24-13-4-2-1-3-11(13)16(26)25(14)6-5-22/h1-4,7-8H,6,9H2. The molecule has 27 heavy (non-hydrogen) atoms. The molecular weight excluding hydrogens is 401 g/mol. The lowest BCUT2D eigenvalue weighted by Gasteiger charge is -2.11. The first kappa shape index (κ1) is 19.2. The summed E-state index contributed by atoms with van der Waals surface area (Å²) in [5.74, 6) is 0.419. The number of hydrogen-bond donors (Lipinski definition) is 0. The van der Waals surface area contributed by atoms with Crippen LogP contribution in [0.25, 0.3) is 10.9 Å². The van der Waals surface area contributed by atoms with Crippen LogP contribution < -0.4 is 5.56 Å². The Morgan fingerprint density at radius 2 is 2.04 bits per heavy atom. The Kier molecular flexibility index (Phi) is 5.39. The van der Waals surface area contributed by atoms with E-state index in [-0.39, 0.29) is 27.9 Å². The molecule has 0 unspecified atom stereocenters. The highest BCUT2D eigenvalue weighted by molar-refractivity contribution is 7.98. The van der Waals surface area contributed by atoms with Gasteiger partial charge in [0.05, 0.1) is 33.3 Å². The topological polar surface area (TPSA) is 71.6 Å². The molecule has 0 atom stereocenters. The van der Waals surface area contributed by atoms with Gasteiger partial charge < -0.3 is 0 Å². The fraction of sp³-hybridized carbons (Fsp3) is 0.176. The number of hydrogen-bond acceptors (Lipinski definition) is 5. The van der Waals surface area contributed by atoms with Crippen molar-refractivity contribution < 1.29 is 13.2 Å². The van der Waals surface area contributed by atoms with E-state index in [9.17, 15) is 18.0 Å². The van der Waals surface area contributed by atoms with E-state index in [1.165, 1.54) is 4.57 Å². The summed E-state index contributed by atoms with van der Waals surface area (Å²) in [6.07, 6.45) is -3.84. The summed E-state index contributed by atoms with van der Waals surface area (Å²) in [5, 5.41) is 9.40. The van der Waals surface area contributed by atoms with Gasteiger partial charge in [-0.3, -0.25) is 9.36 Å². The maximum absolute atomic E-state index is 12.7. The van der Waals surface area contributed by atoms with Gasteiger partial charge in [-0.1, -0.05) is 35.5 Å². The molecule has 0 saturated heterocycles. The van der Waals surface area contributed by atoms with Crippen LogP contribution in [0.1, 0.15) is 11.4 Å². The molecule has 2 aromatic heterocycles. The zero-order valence-electron chi connectivity index (χ0n) is 13.5. The van der Waals surface area contributed by atoms with Crippen LogP contribution in [0.3, 0.4) is 0 Å². The quantitative estimate of drug-likeness (QED) is 0.600. The molecule has 3 rings (SSSR count). The fourth-order valence-electron chi connectivity index (χ4n) is 2.38. The fourth-order valence-corrected chi connectivity index (χ4v) is 3.52. The normalized spacial score (nSPS) is 11.5. The first-order chi connectivity index (χ1) is 12.8. The third kappa shape index (κ3) is 4.07. The number of fused-ring (bicyclic) bond motifs is 1. The minimum absolute atomic E-state index is 0.111. The van der Waals surface area contributed by atoms with Crippen LogP contribution in [0.15, 0.2) is 46.3 Å². The van der Waals surface area contributed by atoms with Crippen molar-refractivity contribution in [3.63, 3.8) is 0 Å². The SMILES string of the molecule is N#CCn1c(CSc2ncc(C(F)(F)F)cc2Cl)nc2ccccc2c1=O. The van der Waals surface area contributed by atoms with Gasteiger partial charge in [0.25, 0.3) is 5.56 Å². The Bertz CT molecular complexity index is 1110. The Morgan fingerprint density at radius 3 is 2.70 bits per heavy atom. The number of aromatic nitrogens is 3. The Labute approximate surface area is 160 Å². The van der Waals surface area contributed by atoms with Crippen LogP contribution in [-0.4, -0.2) is 14.5 Å². The molecule has 0 radical (unpaired) electrons. The van der Waals surface area contributed by atoms with Crippen molar-refractivity contribution in [2.75, 3.05) is 0 Å². The molecule has 5 nitrogen and oxygen atoms in total. The molecule has 2 heterocycles. The van der Waals surface area contributed by atoms with Crippen molar-refractivity contribution in [3.05, 3.63) is 63.3 Å². The molecule has 0 spiro atoms. The van der Waals surface area contributed by atoms with Crippen molar-refractivity contribution in [1.82, 2.24) is 14.5 Å². The summed E-state index contributed by atoms with van der Waals surface area (Å²) in [7, 11) is 0. The molecule has 0 amide bonds. The Morgan fingerprint density at radius 1 is 1.30 bits per heavy atom. The summed E-state index contributed by atoms with van der Waals surface area (Å²) in [4.78, 5) is 20.7. The van der Waals surface area contributed by atoms with Gasteiger partial charge in [0, 0.05) is 6.20 Å². The number of thioether (sulfide) groups is 1. The van der Waals surface area contributed by atoms with Gasteiger partial charge in [0.1, 0.15) is 17.4 Å². The third-order valence-electron chi connectivity index (χ3n) is 3.64. The van der Waals surface area contributed by atoms with E-state index in [1.54, 1.807) is 24.3 Å². The second-order valence-corrected chi connectivity index (χ2v) is 6.76. The summed E-state index contributed by atoms with van der Waals surface area (Å²) in [6, 6.07) is 9.42. The Balaban J connectivity index is 1.94. The van der Waals surface area contributed by atoms with Gasteiger partial charge in [-0.25, -0.2) is 9.97 Å². The van der Waals surface area contributed by atoms with E-state index in [1.807, 2.05) is 6.07 Å². The van der Waals surface area contributed by atoms with Crippen molar-refractivity contribution in [3.8, 4) is 6.07 Å². The van der Waals surface area contributed by atoms with E-state index in [4.69, 9.17) is 16.9 Å². The summed E-state index contributed by atoms with van der Waals surface area (Å²) < 4.78 is 39.3. The number of pyridine rings is 1. The number of nitrogens with zero attached hydrogens (tertiary/aromatic N) is 4. The minimum Gasteiger partial charge on any atom is -0.281 e. The lowest BCUT2D eigenvalue weighted by molar-refractivity contribution is -0.137. The average molecular weight is 411 g/mol. The summed E-state index contributed by atoms with van der Waals surface area (Å²) in [5.41, 5.74) is -0.829. The third-order valence-corrected chi connectivity index (χ3v) is 5.04. The van der Waals surface area contributed by atoms with E-state index < -0.39 is 11.7 Å². The van der Waals surface area contributed by atoms with Crippen molar-refractivity contribution in [2.24, 2.45) is 0 Å². The van der Waals surface area contributed by atoms with Crippen molar-refractivity contribution in [2.45, 2.75) is 23.5 Å². The lowest BCUT2D eigenvalue weighted by atomic mass is 10.2. The predicted octanol–water partition coefficient (Wildman–Crippen LogP) is 4.28. The molecule has 3 aromatic rings. The zero-order valence-corrected chi connectivity index (χ0v) is 15.1. The highest BCUT2D eigenvalue weighted by atomic mass is 35.5. The summed E-state index contributed by atoms with van der Waals surface area (Å²) >= 11 is 6.94. The second-order valence-electron chi connectivity index (χ2n) is 5.39. The van der Waals surface area contributed by atoms with Gasteiger partial charge in [0.15, 0.2) is 0 Å². The second kappa shape index (κ2) is 7.58. The number of rotatable bonds is 4. The van der Waals surface area contributed by atoms with Gasteiger partial charge in [-0.2, -0.15) is 18.4 Å². The highest BCUT2D eigenvalue weighted by Crippen LogP contribution is 2.34. The molecule has 0 N–H and O–H groups in total. The van der Waals surface area contributed by atoms with Crippen LogP contribution in [0.2, 0.25) is 5.02 Å². The molecule has 0 aliphatic carbocycles. The van der Waals surface area contributed by atoms with Gasteiger partial charge >= 0.3 is 6.18 Å². The van der Waals surface area contributed by atoms with Crippen LogP contribution in [0, 0.1) is 11.3 Å². The number of benzene rings is 1. The van der Waals surface area contributed by atoms with Gasteiger partial charge in [-0.05, 0) is 18.2 Å². The summed E-state index contributed by atoms with van der Waals surface area (Å²) in [6.45, 7) is -0.194. The maximum Gasteiger partial charge on any atom is 0.417 e. The van der Waals surface area contributed by atoms with E-state index >= 15 is 0 Å². The van der Waals surface area contributed by atoms with E-state index in [2.05, 4.69) is 9.97 Å². The average Bonchev–Trinajstić information content (AvgIpc) is 2.62. The van der Waals surface area contributed by atoms with Crippen molar-refractivity contribution >= 4 is 34.3 Å². The largest absolute Gasteiger partial charge is 0.417 e. The first-order valence-corrected chi connectivity index (χ1v) is 8.88. The monoisotopic (exact) mass is 410 g/mol. The molecule has 0 aliphatic heterocycles. The molecular formula is C17H10ClF3N4OS. The van der Waals surface area contributed by atoms with Gasteiger partial charge in [-0.15, -0.1) is 0 Å². The van der Waals surface area contributed by atoms with Gasteiger partial charge in [0.2, 0.25) is 0 Å². The molecule has 0 saturated carbocycles. The van der Waals surface area contributed by atoms with Crippen LogP contribution >= 0.6 is 23.4 Å². The predicted molar refractivity (Wildman–Crippen MR) is 95.4 cm³/mol. The maximum atomic E-state index is 12.7. The molecule has 0 bridgehead atoms. The number of alkyl halides is 3. The molecule has 0 aliphatic rings.